The van der Waals surface area contributed by atoms with Crippen LogP contribution in [0.15, 0.2) is 40.2 Å². The predicted octanol–water partition coefficient (Wildman–Crippen LogP) is 4.53. The number of hydrogen-bond acceptors (Lipinski definition) is 5. The molecule has 33 heavy (non-hydrogen) atoms. The molecule has 2 aliphatic rings. The summed E-state index contributed by atoms with van der Waals surface area (Å²) in [6, 6.07) is 2.12. The van der Waals surface area contributed by atoms with Crippen molar-refractivity contribution in [3.63, 3.8) is 0 Å². The highest BCUT2D eigenvalue weighted by atomic mass is 19.3. The first-order chi connectivity index (χ1) is 15.8. The molecule has 1 unspecified atom stereocenters. The summed E-state index contributed by atoms with van der Waals surface area (Å²) in [6.45, 7) is 3.97. The first kappa shape index (κ1) is 24.4. The lowest BCUT2D eigenvalue weighted by Gasteiger charge is -2.33. The lowest BCUT2D eigenvalue weighted by atomic mass is 9.91. The third-order valence-electron chi connectivity index (χ3n) is 5.56. The molecular formula is C24H28F2N4O3. The summed E-state index contributed by atoms with van der Waals surface area (Å²) in [7, 11) is 0. The number of rotatable bonds is 7. The maximum atomic E-state index is 13.0. The van der Waals surface area contributed by atoms with Crippen molar-refractivity contribution < 1.29 is 18.3 Å². The van der Waals surface area contributed by atoms with Gasteiger partial charge in [-0.25, -0.2) is 18.6 Å². The molecule has 1 aromatic rings. The first-order valence-corrected chi connectivity index (χ1v) is 11.1. The van der Waals surface area contributed by atoms with Gasteiger partial charge in [0, 0.05) is 30.9 Å². The van der Waals surface area contributed by atoms with Crippen molar-refractivity contribution in [3.8, 4) is 6.07 Å². The van der Waals surface area contributed by atoms with Crippen LogP contribution in [0.1, 0.15) is 62.5 Å². The Kier molecular flexibility index (Phi) is 8.15. The number of fused-ring (bicyclic) bond motifs is 1. The zero-order valence-corrected chi connectivity index (χ0v) is 18.8. The van der Waals surface area contributed by atoms with Crippen molar-refractivity contribution in [1.29, 1.82) is 5.26 Å². The van der Waals surface area contributed by atoms with Crippen molar-refractivity contribution >= 4 is 6.09 Å². The number of nitriles is 1. The minimum Gasteiger partial charge on any atom is -0.447 e. The van der Waals surface area contributed by atoms with Gasteiger partial charge in [-0.15, -0.1) is 0 Å². The van der Waals surface area contributed by atoms with E-state index in [0.717, 1.165) is 5.57 Å². The number of alkyl halides is 2. The van der Waals surface area contributed by atoms with E-state index in [1.165, 1.54) is 17.1 Å². The van der Waals surface area contributed by atoms with Crippen LogP contribution in [0.4, 0.5) is 13.6 Å². The van der Waals surface area contributed by atoms with Gasteiger partial charge in [0.2, 0.25) is 0 Å². The maximum Gasteiger partial charge on any atom is 0.410 e. The van der Waals surface area contributed by atoms with E-state index in [9.17, 15) is 18.4 Å². The molecule has 1 aromatic heterocycles. The number of aromatic amines is 1. The summed E-state index contributed by atoms with van der Waals surface area (Å²) in [5, 5.41) is 8.91. The molecule has 3 rings (SSSR count). The van der Waals surface area contributed by atoms with Gasteiger partial charge in [0.15, 0.2) is 0 Å². The van der Waals surface area contributed by atoms with Crippen molar-refractivity contribution in [2.75, 3.05) is 6.54 Å². The number of amides is 1. The average molecular weight is 459 g/mol. The van der Waals surface area contributed by atoms with E-state index in [1.807, 2.05) is 6.08 Å². The summed E-state index contributed by atoms with van der Waals surface area (Å²) in [6.07, 6.45) is 5.30. The molecule has 0 radical (unpaired) electrons. The predicted molar refractivity (Wildman–Crippen MR) is 119 cm³/mol. The summed E-state index contributed by atoms with van der Waals surface area (Å²) in [5.41, 5.74) is 1.47. The van der Waals surface area contributed by atoms with E-state index in [2.05, 4.69) is 11.1 Å². The van der Waals surface area contributed by atoms with Crippen LogP contribution in [-0.2, 0) is 17.7 Å². The molecule has 9 heteroatoms. The second kappa shape index (κ2) is 11.0. The molecule has 0 fully saturated rings. The van der Waals surface area contributed by atoms with E-state index < -0.39 is 12.5 Å². The topological polar surface area (TPSA) is 99.1 Å². The van der Waals surface area contributed by atoms with Gasteiger partial charge in [-0.05, 0) is 38.7 Å². The van der Waals surface area contributed by atoms with Crippen LogP contribution in [0, 0.1) is 11.3 Å². The number of ether oxygens (including phenoxy) is 1. The molecule has 0 aromatic carbocycles. The number of hydrogen-bond donors (Lipinski definition) is 1. The molecule has 1 atom stereocenters. The number of aromatic nitrogens is 2. The number of carbonyl (C=O) groups excluding carboxylic acids is 1. The van der Waals surface area contributed by atoms with Crippen molar-refractivity contribution in [2.45, 2.75) is 70.9 Å². The maximum absolute atomic E-state index is 13.0. The van der Waals surface area contributed by atoms with Gasteiger partial charge in [0.25, 0.3) is 12.0 Å². The number of H-pyrrole nitrogens is 1. The molecule has 7 nitrogen and oxygen atoms in total. The van der Waals surface area contributed by atoms with Gasteiger partial charge in [0.05, 0.1) is 30.0 Å². The molecule has 0 spiro atoms. The Balaban J connectivity index is 1.86. The molecule has 1 N–H and O–H groups in total. The zero-order valence-electron chi connectivity index (χ0n) is 18.8. The van der Waals surface area contributed by atoms with Crippen LogP contribution in [-0.4, -0.2) is 40.0 Å². The Labute approximate surface area is 191 Å². The van der Waals surface area contributed by atoms with Gasteiger partial charge in [0.1, 0.15) is 5.82 Å². The minimum atomic E-state index is -2.53. The highest BCUT2D eigenvalue weighted by molar-refractivity contribution is 5.68. The number of nitrogens with zero attached hydrogens (tertiary/aromatic N) is 3. The smallest absolute Gasteiger partial charge is 0.410 e. The van der Waals surface area contributed by atoms with Crippen LogP contribution < -0.4 is 5.56 Å². The van der Waals surface area contributed by atoms with E-state index in [4.69, 9.17) is 15.0 Å². The number of carbonyl (C=O) groups is 1. The van der Waals surface area contributed by atoms with Gasteiger partial charge < -0.3 is 14.6 Å². The second-order valence-electron chi connectivity index (χ2n) is 8.47. The Morgan fingerprint density at radius 1 is 1.36 bits per heavy atom. The summed E-state index contributed by atoms with van der Waals surface area (Å²) in [5.74, 6) is 0.243. The molecule has 176 valence electrons. The Hall–Kier alpha value is -3.28. The Morgan fingerprint density at radius 2 is 2.15 bits per heavy atom. The quantitative estimate of drug-likeness (QED) is 0.606. The highest BCUT2D eigenvalue weighted by Gasteiger charge is 2.32. The van der Waals surface area contributed by atoms with Crippen LogP contribution >= 0.6 is 0 Å². The standard InChI is InChI=1S/C24H28F2N4O3/c1-15(2)33-24(32)30-13-18(7-3-4-11-27)21-19(14-30)23(31)29-20(28-21)12-16-6-5-8-17(10-9-16)22(25)26/h6,8-10,15,18,22H,3-5,7,12-14H2,1-2H3,(H,28,29,31). The first-order valence-electron chi connectivity index (χ1n) is 11.1. The Bertz CT molecular complexity index is 1070. The third kappa shape index (κ3) is 6.37. The van der Waals surface area contributed by atoms with E-state index in [1.54, 1.807) is 19.9 Å². The van der Waals surface area contributed by atoms with Crippen LogP contribution in [0.5, 0.6) is 0 Å². The fourth-order valence-corrected chi connectivity index (χ4v) is 3.99. The lowest BCUT2D eigenvalue weighted by molar-refractivity contribution is 0.0689. The molecule has 0 bridgehead atoms. The molecule has 0 saturated heterocycles. The average Bonchev–Trinajstić information content (AvgIpc) is 2.99. The molecule has 0 saturated carbocycles. The van der Waals surface area contributed by atoms with Crippen LogP contribution in [0.25, 0.3) is 0 Å². The summed E-state index contributed by atoms with van der Waals surface area (Å²) in [4.78, 5) is 34.4. The molecule has 2 heterocycles. The third-order valence-corrected chi connectivity index (χ3v) is 5.56. The Morgan fingerprint density at radius 3 is 2.85 bits per heavy atom. The van der Waals surface area contributed by atoms with Gasteiger partial charge >= 0.3 is 6.09 Å². The van der Waals surface area contributed by atoms with Crippen molar-refractivity contribution in [3.05, 3.63) is 62.9 Å². The van der Waals surface area contributed by atoms with Gasteiger partial charge in [-0.2, -0.15) is 5.26 Å². The minimum absolute atomic E-state index is 0.0286. The number of unbranched alkanes of at least 4 members (excludes halogenated alkanes) is 1. The fourth-order valence-electron chi connectivity index (χ4n) is 3.99. The van der Waals surface area contributed by atoms with Crippen molar-refractivity contribution in [1.82, 2.24) is 14.9 Å². The zero-order chi connectivity index (χ0) is 24.0. The SMILES string of the molecule is CC(C)OC(=O)N1Cc2c(nc(CC3=CCC=C(C(F)F)C=C3)[nH]c2=O)C(CCCC#N)C1. The molecule has 1 aliphatic heterocycles. The van der Waals surface area contributed by atoms with Gasteiger partial charge in [-0.3, -0.25) is 4.79 Å². The van der Waals surface area contributed by atoms with Crippen molar-refractivity contribution in [2.24, 2.45) is 0 Å². The monoisotopic (exact) mass is 458 g/mol. The largest absolute Gasteiger partial charge is 0.447 e. The number of halogens is 2. The molecule has 1 aliphatic carbocycles. The van der Waals surface area contributed by atoms with Crippen LogP contribution in [0.3, 0.4) is 0 Å². The number of allylic oxidation sites excluding steroid dienone is 6. The molecular weight excluding hydrogens is 430 g/mol. The summed E-state index contributed by atoms with van der Waals surface area (Å²) < 4.78 is 31.2. The normalized spacial score (nSPS) is 17.8. The number of nitrogens with one attached hydrogen (secondary N) is 1. The van der Waals surface area contributed by atoms with E-state index in [-0.39, 0.29) is 29.7 Å². The van der Waals surface area contributed by atoms with Gasteiger partial charge in [-0.1, -0.05) is 24.3 Å². The van der Waals surface area contributed by atoms with E-state index in [0.29, 0.717) is 55.7 Å². The lowest BCUT2D eigenvalue weighted by Crippen LogP contribution is -2.42. The second-order valence-corrected chi connectivity index (χ2v) is 8.47. The van der Waals surface area contributed by atoms with E-state index >= 15 is 0 Å². The summed E-state index contributed by atoms with van der Waals surface area (Å²) >= 11 is 0. The highest BCUT2D eigenvalue weighted by Crippen LogP contribution is 2.30. The fraction of sp³-hybridized carbons (Fsp3) is 0.500. The molecule has 1 amide bonds. The van der Waals surface area contributed by atoms with Crippen LogP contribution in [0.2, 0.25) is 0 Å².